The molecule has 1 heterocycles. The summed E-state index contributed by atoms with van der Waals surface area (Å²) < 4.78 is 0. The first-order valence-electron chi connectivity index (χ1n) is 8.45. The Hall–Kier alpha value is -2.75. The summed E-state index contributed by atoms with van der Waals surface area (Å²) in [6.45, 7) is 2.25. The van der Waals surface area contributed by atoms with Gasteiger partial charge in [-0.15, -0.1) is 0 Å². The number of hydrogen-bond donors (Lipinski definition) is 2. The molecule has 2 N–H and O–H groups in total. The highest BCUT2D eigenvalue weighted by Crippen LogP contribution is 2.21. The summed E-state index contributed by atoms with van der Waals surface area (Å²) in [5, 5.41) is 5.56. The highest BCUT2D eigenvalue weighted by molar-refractivity contribution is 5.90. The lowest BCUT2D eigenvalue weighted by molar-refractivity contribution is 0.255. The topological polar surface area (TPSA) is 44.4 Å². The van der Waals surface area contributed by atoms with E-state index in [1.807, 2.05) is 48.5 Å². The molecule has 4 nitrogen and oxygen atoms in total. The molecule has 1 aliphatic heterocycles. The molecule has 2 aromatic carbocycles. The molecule has 124 valence electrons. The van der Waals surface area contributed by atoms with Crippen molar-refractivity contribution in [2.24, 2.45) is 0 Å². The lowest BCUT2D eigenvalue weighted by Gasteiger charge is -2.28. The summed E-state index contributed by atoms with van der Waals surface area (Å²) in [5.74, 6) is 0. The van der Waals surface area contributed by atoms with Crippen molar-refractivity contribution < 1.29 is 4.79 Å². The summed E-state index contributed by atoms with van der Waals surface area (Å²) in [5.41, 5.74) is 3.06. The number of carbonyl (C=O) groups excluding carboxylic acids is 1. The van der Waals surface area contributed by atoms with Crippen LogP contribution in [0.25, 0.3) is 6.08 Å². The van der Waals surface area contributed by atoms with Crippen molar-refractivity contribution in [1.82, 2.24) is 5.32 Å². The molecule has 0 aliphatic carbocycles. The number of hydrogen-bond acceptors (Lipinski definition) is 2. The minimum absolute atomic E-state index is 0.243. The van der Waals surface area contributed by atoms with E-state index < -0.39 is 0 Å². The molecule has 0 aromatic heterocycles. The number of nitrogens with one attached hydrogen (secondary N) is 2. The van der Waals surface area contributed by atoms with Crippen LogP contribution < -0.4 is 15.5 Å². The number of carbonyl (C=O) groups is 1. The highest BCUT2D eigenvalue weighted by Gasteiger charge is 2.10. The molecule has 2 amide bonds. The van der Waals surface area contributed by atoms with Crippen molar-refractivity contribution in [3.8, 4) is 0 Å². The Balaban J connectivity index is 1.50. The monoisotopic (exact) mass is 321 g/mol. The number of amides is 2. The van der Waals surface area contributed by atoms with Crippen LogP contribution in [0.2, 0.25) is 0 Å². The Morgan fingerprint density at radius 3 is 2.33 bits per heavy atom. The Bertz CT molecular complexity index is 674. The van der Waals surface area contributed by atoms with Crippen molar-refractivity contribution in [2.75, 3.05) is 23.3 Å². The Labute approximate surface area is 143 Å². The van der Waals surface area contributed by atoms with Gasteiger partial charge in [0.05, 0.1) is 0 Å². The summed E-state index contributed by atoms with van der Waals surface area (Å²) in [6, 6.07) is 17.6. The molecule has 3 rings (SSSR count). The summed E-state index contributed by atoms with van der Waals surface area (Å²) in [7, 11) is 0. The van der Waals surface area contributed by atoms with Crippen LogP contribution in [0.1, 0.15) is 24.8 Å². The van der Waals surface area contributed by atoms with E-state index in [0.717, 1.165) is 24.3 Å². The number of piperidine rings is 1. The van der Waals surface area contributed by atoms with E-state index in [1.54, 1.807) is 6.20 Å². The lowest BCUT2D eigenvalue weighted by Crippen LogP contribution is -2.29. The Morgan fingerprint density at radius 1 is 0.917 bits per heavy atom. The van der Waals surface area contributed by atoms with Gasteiger partial charge in [0.2, 0.25) is 0 Å². The van der Waals surface area contributed by atoms with Crippen LogP contribution in [0.3, 0.4) is 0 Å². The quantitative estimate of drug-likeness (QED) is 0.872. The molecule has 4 heteroatoms. The maximum absolute atomic E-state index is 11.9. The second-order valence-corrected chi connectivity index (χ2v) is 5.94. The van der Waals surface area contributed by atoms with Crippen LogP contribution in [0.15, 0.2) is 60.8 Å². The van der Waals surface area contributed by atoms with E-state index in [9.17, 15) is 4.79 Å². The molecule has 0 saturated carbocycles. The second-order valence-electron chi connectivity index (χ2n) is 5.94. The molecule has 0 unspecified atom stereocenters. The standard InChI is InChI=1S/C20H23N3O/c24-20(21-14-13-17-7-3-1-4-8-17)22-18-9-11-19(12-10-18)23-15-5-2-6-16-23/h1,3-4,7-14H,2,5-6,15-16H2,(H2,21,22,24)/b14-13+. The van der Waals surface area contributed by atoms with Crippen molar-refractivity contribution in [3.63, 3.8) is 0 Å². The molecule has 0 spiro atoms. The van der Waals surface area contributed by atoms with Crippen LogP contribution in [0, 0.1) is 0 Å². The molecule has 1 aliphatic rings. The third-order valence-corrected chi connectivity index (χ3v) is 4.14. The summed E-state index contributed by atoms with van der Waals surface area (Å²) >= 11 is 0. The summed E-state index contributed by atoms with van der Waals surface area (Å²) in [6.07, 6.45) is 7.35. The number of benzene rings is 2. The van der Waals surface area contributed by atoms with Gasteiger partial charge in [-0.1, -0.05) is 30.3 Å². The average Bonchev–Trinajstić information content (AvgIpc) is 2.64. The zero-order chi connectivity index (χ0) is 16.6. The van der Waals surface area contributed by atoms with E-state index >= 15 is 0 Å². The minimum atomic E-state index is -0.243. The molecule has 0 atom stereocenters. The predicted octanol–water partition coefficient (Wildman–Crippen LogP) is 4.47. The van der Waals surface area contributed by atoms with Crippen molar-refractivity contribution in [1.29, 1.82) is 0 Å². The van der Waals surface area contributed by atoms with Crippen LogP contribution in [0.4, 0.5) is 16.2 Å². The van der Waals surface area contributed by atoms with Gasteiger partial charge in [0.25, 0.3) is 0 Å². The third kappa shape index (κ3) is 4.62. The fraction of sp³-hybridized carbons (Fsp3) is 0.250. The molecule has 24 heavy (non-hydrogen) atoms. The minimum Gasteiger partial charge on any atom is -0.372 e. The number of nitrogens with zero attached hydrogens (tertiary/aromatic N) is 1. The van der Waals surface area contributed by atoms with Crippen molar-refractivity contribution >= 4 is 23.5 Å². The van der Waals surface area contributed by atoms with Crippen molar-refractivity contribution in [2.45, 2.75) is 19.3 Å². The van der Waals surface area contributed by atoms with E-state index in [2.05, 4.69) is 27.7 Å². The van der Waals surface area contributed by atoms with Crippen LogP contribution in [0.5, 0.6) is 0 Å². The van der Waals surface area contributed by atoms with Crippen LogP contribution in [-0.4, -0.2) is 19.1 Å². The summed E-state index contributed by atoms with van der Waals surface area (Å²) in [4.78, 5) is 14.3. The predicted molar refractivity (Wildman–Crippen MR) is 100 cm³/mol. The van der Waals surface area contributed by atoms with Gasteiger partial charge < -0.3 is 15.5 Å². The highest BCUT2D eigenvalue weighted by atomic mass is 16.2. The average molecular weight is 321 g/mol. The van der Waals surface area contributed by atoms with E-state index in [-0.39, 0.29) is 6.03 Å². The van der Waals surface area contributed by atoms with Gasteiger partial charge >= 0.3 is 6.03 Å². The van der Waals surface area contributed by atoms with E-state index in [1.165, 1.54) is 24.9 Å². The third-order valence-electron chi connectivity index (χ3n) is 4.14. The van der Waals surface area contributed by atoms with Gasteiger partial charge in [0.15, 0.2) is 0 Å². The van der Waals surface area contributed by atoms with Gasteiger partial charge in [0, 0.05) is 30.7 Å². The van der Waals surface area contributed by atoms with Gasteiger partial charge in [-0.2, -0.15) is 0 Å². The number of rotatable bonds is 4. The molecule has 1 fully saturated rings. The molecular weight excluding hydrogens is 298 g/mol. The second kappa shape index (κ2) is 8.20. The number of urea groups is 1. The molecule has 2 aromatic rings. The molecule has 0 radical (unpaired) electrons. The fourth-order valence-electron chi connectivity index (χ4n) is 2.85. The van der Waals surface area contributed by atoms with Crippen molar-refractivity contribution in [3.05, 3.63) is 66.4 Å². The molecular formula is C20H23N3O. The number of anilines is 2. The first kappa shape index (κ1) is 16.1. The van der Waals surface area contributed by atoms with E-state index in [4.69, 9.17) is 0 Å². The zero-order valence-corrected chi connectivity index (χ0v) is 13.7. The zero-order valence-electron chi connectivity index (χ0n) is 13.7. The van der Waals surface area contributed by atoms with Gasteiger partial charge in [-0.25, -0.2) is 4.79 Å². The van der Waals surface area contributed by atoms with Gasteiger partial charge in [0.1, 0.15) is 0 Å². The smallest absolute Gasteiger partial charge is 0.323 e. The van der Waals surface area contributed by atoms with Crippen LogP contribution >= 0.6 is 0 Å². The molecule has 0 bridgehead atoms. The van der Waals surface area contributed by atoms with E-state index in [0.29, 0.717) is 0 Å². The first-order chi connectivity index (χ1) is 11.8. The van der Waals surface area contributed by atoms with Gasteiger partial charge in [-0.05, 0) is 55.2 Å². The maximum atomic E-state index is 11.9. The van der Waals surface area contributed by atoms with Gasteiger partial charge in [-0.3, -0.25) is 0 Å². The maximum Gasteiger partial charge on any atom is 0.323 e. The normalized spacial score (nSPS) is 14.6. The van der Waals surface area contributed by atoms with Crippen LogP contribution in [-0.2, 0) is 0 Å². The largest absolute Gasteiger partial charge is 0.372 e. The molecule has 1 saturated heterocycles. The fourth-order valence-corrected chi connectivity index (χ4v) is 2.85. The first-order valence-corrected chi connectivity index (χ1v) is 8.45. The Kier molecular flexibility index (Phi) is 5.51. The SMILES string of the molecule is O=C(N/C=C/c1ccccc1)Nc1ccc(N2CCCCC2)cc1. The lowest BCUT2D eigenvalue weighted by atomic mass is 10.1. The Morgan fingerprint density at radius 2 is 1.62 bits per heavy atom.